The summed E-state index contributed by atoms with van der Waals surface area (Å²) in [5, 5.41) is 14.8. The Morgan fingerprint density at radius 3 is 1.33 bits per heavy atom. The summed E-state index contributed by atoms with van der Waals surface area (Å²) in [5.74, 6) is 0. The number of nitrogens with zero attached hydrogens (tertiary/aromatic N) is 1. The Hall–Kier alpha value is 0.0821. The fourth-order valence-corrected chi connectivity index (χ4v) is 0. The van der Waals surface area contributed by atoms with Gasteiger partial charge in [-0.1, -0.05) is 0 Å². The van der Waals surface area contributed by atoms with Crippen LogP contribution in [-0.2, 0) is 0 Å². The maximum atomic E-state index is 8.25. The Kier molecular flexibility index (Phi) is 24.6. The second kappa shape index (κ2) is 8.91. The first kappa shape index (κ1) is 16.5. The molecule has 0 amide bonds. The van der Waals surface area contributed by atoms with E-state index in [1.807, 2.05) is 0 Å². The van der Waals surface area contributed by atoms with Gasteiger partial charge < -0.3 is 21.5 Å². The summed E-state index contributed by atoms with van der Waals surface area (Å²) >= 11 is 0. The van der Waals surface area contributed by atoms with Crippen LogP contribution < -0.4 is 6.15 Å². The van der Waals surface area contributed by atoms with Gasteiger partial charge in [-0.2, -0.15) is 0 Å². The summed E-state index contributed by atoms with van der Waals surface area (Å²) in [7, 11) is 0. The third-order valence-electron chi connectivity index (χ3n) is 0. The first-order chi connectivity index (χ1) is 1.73. The fraction of sp³-hybridized carbons (Fsp3) is 0. The molecule has 0 saturated carbocycles. The minimum absolute atomic E-state index is 0. The topological polar surface area (TPSA) is 103 Å². The summed E-state index contributed by atoms with van der Waals surface area (Å²) in [6.45, 7) is 0. The zero-order valence-electron chi connectivity index (χ0n) is 3.38. The van der Waals surface area contributed by atoms with Crippen molar-refractivity contribution in [3.8, 4) is 0 Å². The standard InChI is InChI=1S/NO3.H3N.Pb.2H/c2-1(3)4;;;;/h;1H3;;;/q-1;;;;/p+1. The van der Waals surface area contributed by atoms with Crippen molar-refractivity contribution < 1.29 is 5.09 Å². The predicted molar refractivity (Wildman–Crippen MR) is 24.9 cm³/mol. The van der Waals surface area contributed by atoms with Crippen LogP contribution in [0.5, 0.6) is 0 Å². The van der Waals surface area contributed by atoms with Crippen LogP contribution in [0.1, 0.15) is 0 Å². The van der Waals surface area contributed by atoms with Crippen LogP contribution in [0.25, 0.3) is 0 Å². The van der Waals surface area contributed by atoms with E-state index in [1.54, 1.807) is 0 Å². The Morgan fingerprint density at radius 1 is 1.33 bits per heavy atom. The van der Waals surface area contributed by atoms with E-state index in [1.165, 1.54) is 0 Å². The zero-order valence-corrected chi connectivity index (χ0v) is 8.88. The molecule has 5 nitrogen and oxygen atoms in total. The average Bonchev–Trinajstić information content (AvgIpc) is 0.811. The van der Waals surface area contributed by atoms with Crippen LogP contribution in [0.2, 0.25) is 0 Å². The predicted octanol–water partition coefficient (Wildman–Crippen LogP) is -0.779. The molecule has 0 aliphatic heterocycles. The Bertz CT molecular complexity index is 31.8. The first-order valence-corrected chi connectivity index (χ1v) is 0.548. The summed E-state index contributed by atoms with van der Waals surface area (Å²) < 4.78 is 0. The van der Waals surface area contributed by atoms with Crippen molar-refractivity contribution in [2.24, 2.45) is 0 Å². The van der Waals surface area contributed by atoms with Crippen LogP contribution in [0, 0.1) is 15.3 Å². The van der Waals surface area contributed by atoms with Gasteiger partial charge in [-0.25, -0.2) is 0 Å². The van der Waals surface area contributed by atoms with Gasteiger partial charge >= 0.3 is 27.3 Å². The Balaban J connectivity index is -0.0000000450. The van der Waals surface area contributed by atoms with E-state index in [0.29, 0.717) is 0 Å². The van der Waals surface area contributed by atoms with Gasteiger partial charge in [0, 0.05) is 0 Å². The molecule has 0 aliphatic rings. The molecule has 0 aromatic carbocycles. The molecule has 0 atom stereocenters. The molecule has 0 aliphatic carbocycles. The second-order valence-corrected chi connectivity index (χ2v) is 0.224. The third-order valence-corrected chi connectivity index (χ3v) is 0. The molecular formula is H6N2O3Pb. The molecular weight excluding hydrogens is 283 g/mol. The SMILES string of the molecule is O=[N+]([O-])[O-].[NH4+].[PbH2]. The van der Waals surface area contributed by atoms with Gasteiger partial charge in [-0.05, 0) is 0 Å². The molecule has 0 aromatic rings. The van der Waals surface area contributed by atoms with E-state index < -0.39 is 5.09 Å². The fourth-order valence-electron chi connectivity index (χ4n) is 0. The zero-order chi connectivity index (χ0) is 3.58. The van der Waals surface area contributed by atoms with E-state index >= 15 is 0 Å². The Morgan fingerprint density at radius 2 is 1.33 bits per heavy atom. The van der Waals surface area contributed by atoms with E-state index in [4.69, 9.17) is 15.3 Å². The molecule has 6 heavy (non-hydrogen) atoms. The average molecular weight is 289 g/mol. The van der Waals surface area contributed by atoms with Crippen molar-refractivity contribution in [1.29, 1.82) is 0 Å². The van der Waals surface area contributed by atoms with Crippen LogP contribution in [0.4, 0.5) is 0 Å². The summed E-state index contributed by atoms with van der Waals surface area (Å²) in [6, 6.07) is 0. The van der Waals surface area contributed by atoms with Crippen LogP contribution in [-0.4, -0.2) is 32.4 Å². The van der Waals surface area contributed by atoms with Gasteiger partial charge in [0.1, 0.15) is 0 Å². The van der Waals surface area contributed by atoms with Crippen LogP contribution in [0.15, 0.2) is 0 Å². The summed E-state index contributed by atoms with van der Waals surface area (Å²) in [4.78, 5) is 8.25. The number of hydrogen-bond donors (Lipinski definition) is 1. The summed E-state index contributed by atoms with van der Waals surface area (Å²) in [5.41, 5.74) is 0. The van der Waals surface area contributed by atoms with Gasteiger partial charge in [-0.15, -0.1) is 0 Å². The van der Waals surface area contributed by atoms with Crippen LogP contribution >= 0.6 is 0 Å². The van der Waals surface area contributed by atoms with Crippen molar-refractivity contribution in [1.82, 2.24) is 6.15 Å². The van der Waals surface area contributed by atoms with Gasteiger partial charge in [0.2, 0.25) is 0 Å². The van der Waals surface area contributed by atoms with Gasteiger partial charge in [0.25, 0.3) is 0 Å². The van der Waals surface area contributed by atoms with E-state index in [9.17, 15) is 0 Å². The van der Waals surface area contributed by atoms with Gasteiger partial charge in [0.15, 0.2) is 0 Å². The molecule has 4 N–H and O–H groups in total. The minimum atomic E-state index is -1.75. The van der Waals surface area contributed by atoms with E-state index in [2.05, 4.69) is 0 Å². The van der Waals surface area contributed by atoms with Crippen molar-refractivity contribution in [3.63, 3.8) is 0 Å². The number of rotatable bonds is 0. The molecule has 38 valence electrons. The van der Waals surface area contributed by atoms with Crippen molar-refractivity contribution >= 4 is 27.3 Å². The molecule has 6 heteroatoms. The molecule has 0 rings (SSSR count). The number of quaternary nitrogens is 1. The quantitative estimate of drug-likeness (QED) is 0.359. The van der Waals surface area contributed by atoms with Crippen molar-refractivity contribution in [3.05, 3.63) is 15.3 Å². The maximum absolute atomic E-state index is 8.25. The van der Waals surface area contributed by atoms with E-state index in [0.717, 1.165) is 0 Å². The molecule has 0 unspecified atom stereocenters. The second-order valence-electron chi connectivity index (χ2n) is 0.224. The Labute approximate surface area is 54.2 Å². The van der Waals surface area contributed by atoms with Gasteiger partial charge in [0.05, 0.1) is 5.09 Å². The van der Waals surface area contributed by atoms with Crippen LogP contribution in [0.3, 0.4) is 0 Å². The van der Waals surface area contributed by atoms with Gasteiger partial charge in [-0.3, -0.25) is 0 Å². The van der Waals surface area contributed by atoms with Crippen molar-refractivity contribution in [2.75, 3.05) is 0 Å². The van der Waals surface area contributed by atoms with Crippen molar-refractivity contribution in [2.45, 2.75) is 0 Å². The van der Waals surface area contributed by atoms with E-state index in [-0.39, 0.29) is 33.4 Å². The normalized spacial score (nSPS) is 4.00. The monoisotopic (exact) mass is 290 g/mol. The molecule has 0 spiro atoms. The first-order valence-electron chi connectivity index (χ1n) is 0.548. The molecule has 0 aromatic heterocycles. The third kappa shape index (κ3) is 5760. The molecule has 2 radical (unpaired) electrons. The molecule has 0 heterocycles. The number of hydrogen-bond acceptors (Lipinski definition) is 3. The molecule has 0 bridgehead atoms. The molecule has 0 saturated heterocycles. The molecule has 0 fully saturated rings. The summed E-state index contributed by atoms with van der Waals surface area (Å²) in [6.07, 6.45) is 0.